The van der Waals surface area contributed by atoms with E-state index < -0.39 is 11.5 Å². The Morgan fingerprint density at radius 2 is 1.78 bits per heavy atom. The molecule has 1 amide bonds. The average Bonchev–Trinajstić information content (AvgIpc) is 3.30. The molecule has 0 fully saturated rings. The van der Waals surface area contributed by atoms with Crippen LogP contribution in [0.2, 0.25) is 0 Å². The number of nitriles is 1. The molecule has 4 aromatic rings. The predicted octanol–water partition coefficient (Wildman–Crippen LogP) is 5.36. The summed E-state index contributed by atoms with van der Waals surface area (Å²) in [5.74, 6) is 0.653. The summed E-state index contributed by atoms with van der Waals surface area (Å²) in [6.07, 6.45) is 2.59. The van der Waals surface area contributed by atoms with Crippen LogP contribution in [0.25, 0.3) is 16.6 Å². The lowest BCUT2D eigenvalue weighted by Crippen LogP contribution is -2.30. The van der Waals surface area contributed by atoms with Gasteiger partial charge in [-0.05, 0) is 49.2 Å². The van der Waals surface area contributed by atoms with Crippen molar-refractivity contribution in [2.75, 3.05) is 4.90 Å². The van der Waals surface area contributed by atoms with Gasteiger partial charge in [-0.25, -0.2) is 14.2 Å². The van der Waals surface area contributed by atoms with Crippen LogP contribution in [-0.2, 0) is 4.74 Å². The van der Waals surface area contributed by atoms with E-state index in [4.69, 9.17) is 4.74 Å². The minimum atomic E-state index is -0.680. The molecule has 0 saturated carbocycles. The zero-order valence-electron chi connectivity index (χ0n) is 17.6. The van der Waals surface area contributed by atoms with Crippen LogP contribution < -0.4 is 10.3 Å². The van der Waals surface area contributed by atoms with E-state index in [0.29, 0.717) is 17.0 Å². The van der Waals surface area contributed by atoms with Gasteiger partial charge in [-0.3, -0.25) is 9.89 Å². The maximum absolute atomic E-state index is 13.2. The third kappa shape index (κ3) is 3.77. The molecule has 4 rings (SSSR count). The molecule has 0 radical (unpaired) electrons. The highest BCUT2D eigenvalue weighted by Gasteiger charge is 2.25. The zero-order valence-corrected chi connectivity index (χ0v) is 17.6. The van der Waals surface area contributed by atoms with E-state index in [9.17, 15) is 14.9 Å². The Bertz CT molecular complexity index is 1410. The van der Waals surface area contributed by atoms with Crippen molar-refractivity contribution in [3.05, 3.63) is 101 Å². The first-order valence-corrected chi connectivity index (χ1v) is 9.97. The second kappa shape index (κ2) is 8.66. The number of hydrogen-bond donors (Lipinski definition) is 1. The number of carbonyl (C=O) groups is 1. The molecule has 2 aromatic carbocycles. The van der Waals surface area contributed by atoms with Gasteiger partial charge in [-0.1, -0.05) is 42.5 Å². The summed E-state index contributed by atoms with van der Waals surface area (Å²) in [7, 11) is 0. The molecule has 0 aliphatic carbocycles. The number of ether oxygens (including phenoxy) is 1. The topological polar surface area (TPSA) is 90.6 Å². The second-order valence-corrected chi connectivity index (χ2v) is 7.05. The minimum Gasteiger partial charge on any atom is -0.415 e. The average molecular weight is 424 g/mol. The Morgan fingerprint density at radius 3 is 2.44 bits per heavy atom. The molecule has 0 spiro atoms. The van der Waals surface area contributed by atoms with Crippen LogP contribution in [0.4, 0.5) is 16.3 Å². The fraction of sp³-hybridized carbons (Fsp3) is 0.0800. The maximum Gasteiger partial charge on any atom is 0.425 e. The van der Waals surface area contributed by atoms with Gasteiger partial charge >= 0.3 is 6.09 Å². The Hall–Kier alpha value is -4.57. The summed E-state index contributed by atoms with van der Waals surface area (Å²) < 4.78 is 6.97. The van der Waals surface area contributed by atoms with Gasteiger partial charge in [0.05, 0.1) is 11.2 Å². The summed E-state index contributed by atoms with van der Waals surface area (Å²) in [4.78, 5) is 27.1. The van der Waals surface area contributed by atoms with E-state index in [0.717, 1.165) is 11.1 Å². The molecule has 0 unspecified atom stereocenters. The molecule has 7 nitrogen and oxygen atoms in total. The van der Waals surface area contributed by atoms with Crippen LogP contribution in [0, 0.1) is 11.3 Å². The number of H-pyrrole nitrogens is 1. The van der Waals surface area contributed by atoms with Gasteiger partial charge in [0.2, 0.25) is 5.43 Å². The van der Waals surface area contributed by atoms with E-state index >= 15 is 0 Å². The molecule has 0 saturated heterocycles. The zero-order chi connectivity index (χ0) is 22.7. The van der Waals surface area contributed by atoms with E-state index in [1.165, 1.54) is 15.5 Å². The number of aromatic amines is 1. The molecule has 0 bridgehead atoms. The van der Waals surface area contributed by atoms with Crippen molar-refractivity contribution in [3.63, 3.8) is 0 Å². The monoisotopic (exact) mass is 424 g/mol. The smallest absolute Gasteiger partial charge is 0.415 e. The molecule has 1 N–H and O–H groups in total. The Morgan fingerprint density at radius 1 is 1.09 bits per heavy atom. The number of nitrogens with zero attached hydrogens (tertiary/aromatic N) is 3. The maximum atomic E-state index is 13.2. The summed E-state index contributed by atoms with van der Waals surface area (Å²) in [6, 6.07) is 22.0. The highest BCUT2D eigenvalue weighted by molar-refractivity contribution is 5.96. The van der Waals surface area contributed by atoms with Crippen LogP contribution in [0.15, 0.2) is 89.6 Å². The van der Waals surface area contributed by atoms with E-state index in [-0.39, 0.29) is 11.4 Å². The van der Waals surface area contributed by atoms with Crippen molar-refractivity contribution in [1.29, 1.82) is 5.26 Å². The Labute approximate surface area is 184 Å². The molecule has 158 valence electrons. The molecule has 2 aromatic heterocycles. The van der Waals surface area contributed by atoms with Crippen LogP contribution >= 0.6 is 0 Å². The summed E-state index contributed by atoms with van der Waals surface area (Å²) in [5.41, 5.74) is 2.41. The van der Waals surface area contributed by atoms with E-state index in [1.54, 1.807) is 44.3 Å². The van der Waals surface area contributed by atoms with E-state index in [2.05, 4.69) is 5.10 Å². The molecular formula is C25H20N4O3. The van der Waals surface area contributed by atoms with Gasteiger partial charge in [0.1, 0.15) is 23.2 Å². The number of nitrogens with one attached hydrogen (secondary N) is 1. The number of benzene rings is 2. The summed E-state index contributed by atoms with van der Waals surface area (Å²) in [6.45, 7) is 3.43. The van der Waals surface area contributed by atoms with Crippen molar-refractivity contribution in [1.82, 2.24) is 9.61 Å². The molecule has 0 aliphatic rings. The normalized spacial score (nSPS) is 11.2. The third-order valence-electron chi connectivity index (χ3n) is 5.09. The molecule has 2 heterocycles. The number of anilines is 2. The van der Waals surface area contributed by atoms with Crippen LogP contribution in [0.5, 0.6) is 0 Å². The van der Waals surface area contributed by atoms with Crippen LogP contribution in [0.3, 0.4) is 0 Å². The quantitative estimate of drug-likeness (QED) is 0.446. The molecule has 32 heavy (non-hydrogen) atoms. The number of pyridine rings is 1. The van der Waals surface area contributed by atoms with Crippen LogP contribution in [0.1, 0.15) is 19.4 Å². The second-order valence-electron chi connectivity index (χ2n) is 7.05. The van der Waals surface area contributed by atoms with Crippen molar-refractivity contribution >= 4 is 23.1 Å². The van der Waals surface area contributed by atoms with Gasteiger partial charge in [0, 0.05) is 12.3 Å². The van der Waals surface area contributed by atoms with Crippen LogP contribution in [-0.4, -0.2) is 15.7 Å². The Kier molecular flexibility index (Phi) is 5.60. The third-order valence-corrected chi connectivity index (χ3v) is 5.09. The van der Waals surface area contributed by atoms with Crippen molar-refractivity contribution < 1.29 is 9.53 Å². The van der Waals surface area contributed by atoms with Crippen molar-refractivity contribution in [2.45, 2.75) is 13.8 Å². The lowest BCUT2D eigenvalue weighted by Gasteiger charge is -2.23. The van der Waals surface area contributed by atoms with Gasteiger partial charge in [-0.15, -0.1) is 0 Å². The summed E-state index contributed by atoms with van der Waals surface area (Å²) in [5, 5.41) is 12.4. The highest BCUT2D eigenvalue weighted by Crippen LogP contribution is 2.30. The number of carbonyl (C=O) groups excluding carboxylic acids is 1. The largest absolute Gasteiger partial charge is 0.425 e. The lowest BCUT2D eigenvalue weighted by atomic mass is 10.1. The molecule has 0 aliphatic heterocycles. The first kappa shape index (κ1) is 20.7. The minimum absolute atomic E-state index is 0.00706. The van der Waals surface area contributed by atoms with Crippen molar-refractivity contribution in [3.8, 4) is 17.2 Å². The number of fused-ring (bicyclic) bond motifs is 1. The van der Waals surface area contributed by atoms with E-state index in [1.807, 2.05) is 48.5 Å². The summed E-state index contributed by atoms with van der Waals surface area (Å²) >= 11 is 0. The number of allylic oxidation sites excluding steroid dienone is 2. The molecule has 0 atom stereocenters. The number of amides is 1. The van der Waals surface area contributed by atoms with Crippen molar-refractivity contribution in [2.24, 2.45) is 0 Å². The van der Waals surface area contributed by atoms with Gasteiger partial charge in [-0.2, -0.15) is 5.26 Å². The first-order valence-electron chi connectivity index (χ1n) is 9.97. The number of aromatic nitrogens is 2. The number of rotatable bonds is 4. The molecule has 7 heteroatoms. The predicted molar refractivity (Wildman–Crippen MR) is 123 cm³/mol. The fourth-order valence-corrected chi connectivity index (χ4v) is 3.38. The van der Waals surface area contributed by atoms with Gasteiger partial charge < -0.3 is 4.74 Å². The van der Waals surface area contributed by atoms with Gasteiger partial charge in [0.25, 0.3) is 0 Å². The molecular weight excluding hydrogens is 404 g/mol. The SMILES string of the molecule is C/C=C(\C)OC(=O)N(c1ccc(-c2ccccc2)cc1)c1cc(=O)c(C#N)c2cc[nH]n12. The highest BCUT2D eigenvalue weighted by atomic mass is 16.6. The lowest BCUT2D eigenvalue weighted by molar-refractivity contribution is 0.186. The Balaban J connectivity index is 1.87. The first-order chi connectivity index (χ1) is 15.5. The van der Waals surface area contributed by atoms with Gasteiger partial charge in [0.15, 0.2) is 0 Å². The standard InChI is InChI=1S/C25H20N4O3/c1-3-17(2)32-25(31)28(20-11-9-19(10-12-20)18-7-5-4-6-8-18)24-15-23(30)21(16-26)22-13-14-27-29(22)24/h3-15,27H,1-2H3/b17-3+. The fourth-order valence-electron chi connectivity index (χ4n) is 3.38. The number of hydrogen-bond acceptors (Lipinski definition) is 4.